The Labute approximate surface area is 95.8 Å². The second kappa shape index (κ2) is 4.44. The third-order valence-electron chi connectivity index (χ3n) is 1.88. The lowest BCUT2D eigenvalue weighted by Crippen LogP contribution is -2.58. The van der Waals surface area contributed by atoms with Gasteiger partial charge in [-0.3, -0.25) is 35.7 Å². The lowest BCUT2D eigenvalue weighted by molar-refractivity contribution is -0.965. The van der Waals surface area contributed by atoms with Crippen LogP contribution in [0.25, 0.3) is 0 Å². The van der Waals surface area contributed by atoms with E-state index in [4.69, 9.17) is 0 Å². The Bertz CT molecular complexity index is 459. The molecular formula is C4H4N6O8. The monoisotopic (exact) mass is 264 g/mol. The molecule has 0 saturated heterocycles. The van der Waals surface area contributed by atoms with Crippen molar-refractivity contribution in [3.63, 3.8) is 0 Å². The second-order valence-electron chi connectivity index (χ2n) is 2.86. The van der Waals surface area contributed by atoms with Gasteiger partial charge < -0.3 is 9.84 Å². The van der Waals surface area contributed by atoms with Crippen LogP contribution in [-0.4, -0.2) is 32.3 Å². The van der Waals surface area contributed by atoms with E-state index in [2.05, 4.69) is 9.79 Å². The summed E-state index contributed by atoms with van der Waals surface area (Å²) in [6.07, 6.45) is 0.748. The first kappa shape index (κ1) is 13.0. The molecule has 1 aromatic heterocycles. The molecule has 14 nitrogen and oxygen atoms in total. The maximum Gasteiger partial charge on any atom is 0.730 e. The summed E-state index contributed by atoms with van der Waals surface area (Å²) in [6, 6.07) is 0. The van der Waals surface area contributed by atoms with Crippen LogP contribution in [0.2, 0.25) is 0 Å². The number of anilines is 1. The van der Waals surface area contributed by atoms with Crippen molar-refractivity contribution in [3.8, 4) is 0 Å². The molecule has 0 aliphatic heterocycles. The molecule has 0 fully saturated rings. The molecule has 0 saturated carbocycles. The zero-order valence-corrected chi connectivity index (χ0v) is 8.29. The van der Waals surface area contributed by atoms with Gasteiger partial charge in [0.2, 0.25) is 0 Å². The van der Waals surface area contributed by atoms with Crippen LogP contribution in [-0.2, 0) is 0 Å². The minimum Gasteiger partial charge on any atom is -0.391 e. The number of nitrogens with zero attached hydrogens (tertiary/aromatic N) is 5. The molecule has 18 heavy (non-hydrogen) atoms. The highest BCUT2D eigenvalue weighted by atomic mass is 16.8. The van der Waals surface area contributed by atoms with E-state index < -0.39 is 32.9 Å². The molecule has 98 valence electrons. The molecule has 0 unspecified atom stereocenters. The van der Waals surface area contributed by atoms with Crippen molar-refractivity contribution in [1.29, 1.82) is 0 Å². The van der Waals surface area contributed by atoms with E-state index in [9.17, 15) is 35.6 Å². The smallest absolute Gasteiger partial charge is 0.391 e. The highest BCUT2D eigenvalue weighted by Gasteiger charge is 2.71. The Kier molecular flexibility index (Phi) is 3.21. The molecule has 1 rings (SSSR count). The zero-order valence-electron chi connectivity index (χ0n) is 8.29. The molecule has 1 N–H and O–H groups in total. The minimum absolute atomic E-state index is 0.259. The van der Waals surface area contributed by atoms with Gasteiger partial charge in [0, 0.05) is 0 Å². The van der Waals surface area contributed by atoms with E-state index in [1.165, 1.54) is 0 Å². The van der Waals surface area contributed by atoms with Gasteiger partial charge in [-0.25, -0.2) is 0 Å². The van der Waals surface area contributed by atoms with Crippen molar-refractivity contribution in [2.24, 2.45) is 0 Å². The van der Waals surface area contributed by atoms with Crippen LogP contribution in [0.1, 0.15) is 0 Å². The highest BCUT2D eigenvalue weighted by Crippen LogP contribution is 2.13. The summed E-state index contributed by atoms with van der Waals surface area (Å²) in [7, 11) is 0. The number of nitrogens with one attached hydrogen (secondary N) is 1. The molecule has 0 aliphatic carbocycles. The summed E-state index contributed by atoms with van der Waals surface area (Å²) in [6.45, 7) is -1.36. The molecule has 0 bridgehead atoms. The van der Waals surface area contributed by atoms with E-state index >= 15 is 0 Å². The summed E-state index contributed by atoms with van der Waals surface area (Å²) in [5.74, 6) is -4.24. The lowest BCUT2D eigenvalue weighted by atomic mass is 10.4. The fraction of sp³-hybridized carbons (Fsp3) is 0.500. The van der Waals surface area contributed by atoms with Gasteiger partial charge in [0.1, 0.15) is 0 Å². The fourth-order valence-electron chi connectivity index (χ4n) is 0.920. The Hall–Kier alpha value is -3.06. The second-order valence-corrected chi connectivity index (χ2v) is 2.86. The van der Waals surface area contributed by atoms with Gasteiger partial charge in [0.05, 0.1) is 0 Å². The Morgan fingerprint density at radius 3 is 2.11 bits per heavy atom. The van der Waals surface area contributed by atoms with Crippen molar-refractivity contribution >= 4 is 5.82 Å². The first-order chi connectivity index (χ1) is 8.32. The van der Waals surface area contributed by atoms with Crippen LogP contribution in [0.5, 0.6) is 0 Å². The first-order valence-electron chi connectivity index (χ1n) is 4.04. The summed E-state index contributed by atoms with van der Waals surface area (Å²) < 4.78 is 3.95. The number of nitro groups is 3. The van der Waals surface area contributed by atoms with Gasteiger partial charge in [-0.05, 0) is 5.16 Å². The molecule has 1 aromatic rings. The standard InChI is InChI=1S/C4H4N6O8/c11-7-3(1-6-18-7)5-2-4(8(12)13,9(14)15)10(16)17/h1,5H,2H2. The van der Waals surface area contributed by atoms with Crippen molar-refractivity contribution in [2.45, 2.75) is 5.79 Å². The number of hydrogen-bond donors (Lipinski definition) is 1. The predicted molar refractivity (Wildman–Crippen MR) is 47.7 cm³/mol. The Morgan fingerprint density at radius 1 is 1.28 bits per heavy atom. The molecule has 0 atom stereocenters. The topological polar surface area (TPSA) is 194 Å². The van der Waals surface area contributed by atoms with E-state index in [-0.39, 0.29) is 4.90 Å². The average Bonchev–Trinajstić information content (AvgIpc) is 2.63. The summed E-state index contributed by atoms with van der Waals surface area (Å²) in [5, 5.41) is 47.1. The highest BCUT2D eigenvalue weighted by molar-refractivity contribution is 5.22. The Balaban J connectivity index is 3.00. The summed E-state index contributed by atoms with van der Waals surface area (Å²) in [5.41, 5.74) is 0. The van der Waals surface area contributed by atoms with Crippen LogP contribution in [0.3, 0.4) is 0 Å². The van der Waals surface area contributed by atoms with Gasteiger partial charge in [-0.1, -0.05) is 4.90 Å². The van der Waals surface area contributed by atoms with E-state index in [0.717, 1.165) is 6.20 Å². The molecular weight excluding hydrogens is 260 g/mol. The van der Waals surface area contributed by atoms with Crippen LogP contribution < -0.4 is 10.2 Å². The van der Waals surface area contributed by atoms with Crippen LogP contribution >= 0.6 is 0 Å². The molecule has 0 aliphatic rings. The quantitative estimate of drug-likeness (QED) is 0.265. The van der Waals surface area contributed by atoms with Crippen LogP contribution in [0, 0.1) is 35.6 Å². The van der Waals surface area contributed by atoms with Crippen LogP contribution in [0.15, 0.2) is 10.8 Å². The van der Waals surface area contributed by atoms with Crippen LogP contribution in [0.4, 0.5) is 5.82 Å². The molecule has 0 radical (unpaired) electrons. The SMILES string of the molecule is O=[N+]([O-])C(CNc1cno[n+]1[O-])([N+](=O)[O-])[N+](=O)[O-]. The number of rotatable bonds is 6. The third-order valence-corrected chi connectivity index (χ3v) is 1.88. The first-order valence-corrected chi connectivity index (χ1v) is 4.04. The molecule has 0 spiro atoms. The molecule has 14 heteroatoms. The number of aromatic nitrogens is 2. The molecule has 1 heterocycles. The Morgan fingerprint density at radius 2 is 1.78 bits per heavy atom. The van der Waals surface area contributed by atoms with Crippen molar-refractivity contribution in [2.75, 3.05) is 11.9 Å². The van der Waals surface area contributed by atoms with E-state index in [0.29, 0.717) is 0 Å². The average molecular weight is 264 g/mol. The minimum atomic E-state index is -3.70. The predicted octanol–water partition coefficient (Wildman–Crippen LogP) is -1.80. The largest absolute Gasteiger partial charge is 0.730 e. The maximum absolute atomic E-state index is 10.8. The lowest BCUT2D eigenvalue weighted by Gasteiger charge is -2.07. The third kappa shape index (κ3) is 1.93. The summed E-state index contributed by atoms with van der Waals surface area (Å²) in [4.78, 5) is 26.2. The van der Waals surface area contributed by atoms with E-state index in [1.54, 1.807) is 0 Å². The zero-order chi connectivity index (χ0) is 13.9. The van der Waals surface area contributed by atoms with Crippen molar-refractivity contribution in [3.05, 3.63) is 41.7 Å². The van der Waals surface area contributed by atoms with E-state index in [1.807, 2.05) is 5.32 Å². The van der Waals surface area contributed by atoms with Gasteiger partial charge >= 0.3 is 5.79 Å². The fourth-order valence-corrected chi connectivity index (χ4v) is 0.920. The van der Waals surface area contributed by atoms with Gasteiger partial charge in [0.15, 0.2) is 21.0 Å². The number of hydrogen-bond acceptors (Lipinski definition) is 10. The van der Waals surface area contributed by atoms with Gasteiger partial charge in [0.25, 0.3) is 12.4 Å². The van der Waals surface area contributed by atoms with Crippen molar-refractivity contribution < 1.29 is 24.3 Å². The molecule has 0 amide bonds. The summed E-state index contributed by atoms with van der Waals surface area (Å²) >= 11 is 0. The maximum atomic E-state index is 10.8. The van der Waals surface area contributed by atoms with Gasteiger partial charge in [-0.15, -0.1) is 0 Å². The normalized spacial score (nSPS) is 10.9. The van der Waals surface area contributed by atoms with Crippen molar-refractivity contribution in [1.82, 2.24) is 5.16 Å². The molecule has 0 aromatic carbocycles. The van der Waals surface area contributed by atoms with Gasteiger partial charge in [-0.2, -0.15) is 0 Å².